The van der Waals surface area contributed by atoms with Crippen molar-refractivity contribution in [1.29, 1.82) is 0 Å². The summed E-state index contributed by atoms with van der Waals surface area (Å²) in [6.45, 7) is 4.12. The van der Waals surface area contributed by atoms with Crippen molar-refractivity contribution in [3.63, 3.8) is 0 Å². The number of urea groups is 1. The molecule has 1 saturated heterocycles. The summed E-state index contributed by atoms with van der Waals surface area (Å²) in [4.78, 5) is 20.1. The molecule has 0 unspecified atom stereocenters. The van der Waals surface area contributed by atoms with Crippen molar-refractivity contribution in [3.8, 4) is 0 Å². The van der Waals surface area contributed by atoms with Crippen LogP contribution in [0.1, 0.15) is 13.8 Å². The Morgan fingerprint density at radius 3 is 2.00 bits per heavy atom. The van der Waals surface area contributed by atoms with E-state index in [0.29, 0.717) is 0 Å². The van der Waals surface area contributed by atoms with Gasteiger partial charge in [-0.1, -0.05) is 13.8 Å². The second kappa shape index (κ2) is 3.88. The van der Waals surface area contributed by atoms with Crippen molar-refractivity contribution in [3.05, 3.63) is 0 Å². The van der Waals surface area contributed by atoms with Crippen LogP contribution in [0.25, 0.3) is 0 Å². The standard InChI is InChI=1S/C3H4N2O2.C2H6/c6-2-1-4-3(7)5-2;1-2/h1H2,(H2,4,5,6,7);1-2H3. The van der Waals surface area contributed by atoms with E-state index in [-0.39, 0.29) is 12.5 Å². The van der Waals surface area contributed by atoms with Gasteiger partial charge in [-0.25, -0.2) is 4.79 Å². The molecule has 0 atom stereocenters. The van der Waals surface area contributed by atoms with Crippen molar-refractivity contribution in [2.45, 2.75) is 13.8 Å². The third-order valence-electron chi connectivity index (χ3n) is 0.662. The fraction of sp³-hybridized carbons (Fsp3) is 0.600. The van der Waals surface area contributed by atoms with Gasteiger partial charge in [0.15, 0.2) is 0 Å². The maximum absolute atomic E-state index is 10.1. The molecule has 2 N–H and O–H groups in total. The molecule has 0 bridgehead atoms. The van der Waals surface area contributed by atoms with Gasteiger partial charge in [-0.3, -0.25) is 10.1 Å². The van der Waals surface area contributed by atoms with Crippen LogP contribution < -0.4 is 10.6 Å². The molecule has 1 fully saturated rings. The first kappa shape index (κ1) is 7.94. The minimum absolute atomic E-state index is 0.124. The second-order valence-electron chi connectivity index (χ2n) is 1.23. The molecular formula is C5H10N2O2. The number of hydrogen-bond donors (Lipinski definition) is 2. The van der Waals surface area contributed by atoms with E-state index in [2.05, 4.69) is 5.32 Å². The zero-order chi connectivity index (χ0) is 7.28. The molecule has 1 heterocycles. The Bertz CT molecular complexity index is 108. The van der Waals surface area contributed by atoms with Crippen LogP contribution in [-0.4, -0.2) is 18.5 Å². The molecule has 0 aromatic carbocycles. The highest BCUT2D eigenvalue weighted by Gasteiger charge is 2.14. The summed E-state index contributed by atoms with van der Waals surface area (Å²) in [6, 6.07) is -0.398. The molecule has 4 heteroatoms. The first-order valence-electron chi connectivity index (χ1n) is 2.87. The molecule has 3 amide bonds. The van der Waals surface area contributed by atoms with Crippen molar-refractivity contribution in [2.24, 2.45) is 0 Å². The van der Waals surface area contributed by atoms with Crippen molar-refractivity contribution in [2.75, 3.05) is 6.54 Å². The number of imide groups is 1. The van der Waals surface area contributed by atoms with E-state index in [1.54, 1.807) is 0 Å². The molecule has 0 aromatic rings. The fourth-order valence-electron chi connectivity index (χ4n) is 0.376. The lowest BCUT2D eigenvalue weighted by Crippen LogP contribution is -2.22. The zero-order valence-electron chi connectivity index (χ0n) is 5.52. The predicted octanol–water partition coefficient (Wildman–Crippen LogP) is -0.148. The molecule has 0 radical (unpaired) electrons. The fourth-order valence-corrected chi connectivity index (χ4v) is 0.376. The first-order valence-corrected chi connectivity index (χ1v) is 2.87. The summed E-state index contributed by atoms with van der Waals surface area (Å²) in [6.07, 6.45) is 0. The topological polar surface area (TPSA) is 58.2 Å². The molecule has 1 rings (SSSR count). The maximum Gasteiger partial charge on any atom is 0.321 e. The normalized spacial score (nSPS) is 15.3. The Labute approximate surface area is 53.6 Å². The van der Waals surface area contributed by atoms with Gasteiger partial charge in [0.25, 0.3) is 0 Å². The minimum atomic E-state index is -0.398. The molecule has 0 aromatic heterocycles. The Morgan fingerprint density at radius 2 is 1.89 bits per heavy atom. The monoisotopic (exact) mass is 130 g/mol. The maximum atomic E-state index is 10.1. The molecule has 52 valence electrons. The lowest BCUT2D eigenvalue weighted by molar-refractivity contribution is -0.117. The third-order valence-corrected chi connectivity index (χ3v) is 0.662. The highest BCUT2D eigenvalue weighted by Crippen LogP contribution is 1.73. The summed E-state index contributed by atoms with van der Waals surface area (Å²) in [5.74, 6) is -0.259. The van der Waals surface area contributed by atoms with E-state index in [1.165, 1.54) is 0 Å². The van der Waals surface area contributed by atoms with Crippen LogP contribution >= 0.6 is 0 Å². The van der Waals surface area contributed by atoms with Crippen LogP contribution in [0.5, 0.6) is 0 Å². The first-order chi connectivity index (χ1) is 4.29. The van der Waals surface area contributed by atoms with Gasteiger partial charge in [-0.2, -0.15) is 0 Å². The van der Waals surface area contributed by atoms with Crippen LogP contribution in [0.4, 0.5) is 4.79 Å². The van der Waals surface area contributed by atoms with E-state index >= 15 is 0 Å². The Hall–Kier alpha value is -1.06. The van der Waals surface area contributed by atoms with Crippen molar-refractivity contribution < 1.29 is 9.59 Å². The summed E-state index contributed by atoms with van der Waals surface area (Å²) in [5, 5.41) is 4.30. The van der Waals surface area contributed by atoms with E-state index in [9.17, 15) is 9.59 Å². The lowest BCUT2D eigenvalue weighted by Gasteiger charge is -1.78. The Morgan fingerprint density at radius 1 is 1.33 bits per heavy atom. The molecule has 1 aliphatic heterocycles. The summed E-state index contributed by atoms with van der Waals surface area (Å²) < 4.78 is 0. The summed E-state index contributed by atoms with van der Waals surface area (Å²) in [7, 11) is 0. The summed E-state index contributed by atoms with van der Waals surface area (Å²) >= 11 is 0. The van der Waals surface area contributed by atoms with Crippen LogP contribution in [0.2, 0.25) is 0 Å². The minimum Gasteiger partial charge on any atom is -0.329 e. The van der Waals surface area contributed by atoms with Crippen molar-refractivity contribution >= 4 is 11.9 Å². The van der Waals surface area contributed by atoms with Crippen LogP contribution in [0.3, 0.4) is 0 Å². The van der Waals surface area contributed by atoms with Gasteiger partial charge in [0.1, 0.15) is 0 Å². The number of carbonyl (C=O) groups excluding carboxylic acids is 2. The number of hydrogen-bond acceptors (Lipinski definition) is 2. The van der Waals surface area contributed by atoms with E-state index in [4.69, 9.17) is 0 Å². The van der Waals surface area contributed by atoms with Gasteiger partial charge >= 0.3 is 6.03 Å². The van der Waals surface area contributed by atoms with Crippen LogP contribution in [-0.2, 0) is 4.79 Å². The Balaban J connectivity index is 0.000000291. The quantitative estimate of drug-likeness (QED) is 0.448. The SMILES string of the molecule is CC.O=C1CNC(=O)N1. The van der Waals surface area contributed by atoms with Gasteiger partial charge in [-0.15, -0.1) is 0 Å². The number of rotatable bonds is 0. The molecule has 4 nitrogen and oxygen atoms in total. The highest BCUT2D eigenvalue weighted by molar-refractivity contribution is 6.01. The molecular weight excluding hydrogens is 120 g/mol. The van der Waals surface area contributed by atoms with Crippen LogP contribution in [0.15, 0.2) is 0 Å². The average Bonchev–Trinajstić information content (AvgIpc) is 2.20. The Kier molecular flexibility index (Phi) is 3.43. The molecule has 0 aliphatic carbocycles. The smallest absolute Gasteiger partial charge is 0.321 e. The molecule has 9 heavy (non-hydrogen) atoms. The highest BCUT2D eigenvalue weighted by atomic mass is 16.2. The van der Waals surface area contributed by atoms with Crippen molar-refractivity contribution in [1.82, 2.24) is 10.6 Å². The van der Waals surface area contributed by atoms with Gasteiger partial charge in [0.2, 0.25) is 5.91 Å². The number of nitrogens with one attached hydrogen (secondary N) is 2. The van der Waals surface area contributed by atoms with Gasteiger partial charge in [-0.05, 0) is 0 Å². The number of carbonyl (C=O) groups is 2. The van der Waals surface area contributed by atoms with Gasteiger partial charge < -0.3 is 5.32 Å². The largest absolute Gasteiger partial charge is 0.329 e. The second-order valence-corrected chi connectivity index (χ2v) is 1.23. The summed E-state index contributed by atoms with van der Waals surface area (Å²) in [5.41, 5.74) is 0. The zero-order valence-corrected chi connectivity index (χ0v) is 5.52. The number of amides is 3. The molecule has 0 saturated carbocycles. The molecule has 0 spiro atoms. The molecule has 1 aliphatic rings. The average molecular weight is 130 g/mol. The van der Waals surface area contributed by atoms with Gasteiger partial charge in [0, 0.05) is 0 Å². The third kappa shape index (κ3) is 2.69. The predicted molar refractivity (Wildman–Crippen MR) is 32.9 cm³/mol. The van der Waals surface area contributed by atoms with Crippen LogP contribution in [0, 0.1) is 0 Å². The van der Waals surface area contributed by atoms with E-state index in [0.717, 1.165) is 0 Å². The lowest BCUT2D eigenvalue weighted by atomic mass is 10.7. The van der Waals surface area contributed by atoms with Gasteiger partial charge in [0.05, 0.1) is 6.54 Å². The van der Waals surface area contributed by atoms with E-state index < -0.39 is 6.03 Å². The van der Waals surface area contributed by atoms with E-state index in [1.807, 2.05) is 19.2 Å².